The predicted molar refractivity (Wildman–Crippen MR) is 71.9 cm³/mol. The molecule has 0 aliphatic carbocycles. The van der Waals surface area contributed by atoms with Crippen LogP contribution < -0.4 is 5.32 Å². The summed E-state index contributed by atoms with van der Waals surface area (Å²) < 4.78 is 0. The Morgan fingerprint density at radius 3 is 2.53 bits per heavy atom. The molecule has 1 aromatic heterocycles. The number of nitrogens with zero attached hydrogens (tertiary/aromatic N) is 1. The van der Waals surface area contributed by atoms with Crippen molar-refractivity contribution in [2.75, 3.05) is 0 Å². The second kappa shape index (κ2) is 6.74. The first kappa shape index (κ1) is 14.2. The van der Waals surface area contributed by atoms with Gasteiger partial charge in [0, 0.05) is 18.0 Å². The molecule has 1 atom stereocenters. The van der Waals surface area contributed by atoms with Crippen LogP contribution in [0.4, 0.5) is 0 Å². The summed E-state index contributed by atoms with van der Waals surface area (Å²) in [7, 11) is 0. The van der Waals surface area contributed by atoms with Crippen LogP contribution in [0.1, 0.15) is 51.6 Å². The highest BCUT2D eigenvalue weighted by Crippen LogP contribution is 2.23. The van der Waals surface area contributed by atoms with Crippen LogP contribution in [0, 0.1) is 11.8 Å². The number of hydrogen-bond acceptors (Lipinski definition) is 3. The van der Waals surface area contributed by atoms with Crippen LogP contribution in [-0.4, -0.2) is 10.9 Å². The van der Waals surface area contributed by atoms with Crippen LogP contribution in [0.5, 0.6) is 0 Å². The monoisotopic (exact) mass is 254 g/mol. The fourth-order valence-electron chi connectivity index (χ4n) is 1.72. The van der Waals surface area contributed by atoms with Crippen molar-refractivity contribution in [3.05, 3.63) is 16.6 Å². The summed E-state index contributed by atoms with van der Waals surface area (Å²) in [6.45, 7) is 8.44. The molecule has 1 rings (SSSR count). The summed E-state index contributed by atoms with van der Waals surface area (Å²) in [5.41, 5.74) is 0. The Morgan fingerprint density at radius 2 is 2.06 bits per heavy atom. The molecule has 4 heteroatoms. The smallest absolute Gasteiger partial charge is 0.220 e. The number of amides is 1. The van der Waals surface area contributed by atoms with Crippen molar-refractivity contribution in [3.8, 4) is 0 Å². The number of carbonyl (C=O) groups is 1. The average molecular weight is 254 g/mol. The van der Waals surface area contributed by atoms with E-state index >= 15 is 0 Å². The Balaban J connectivity index is 2.61. The minimum absolute atomic E-state index is 0.0706. The largest absolute Gasteiger partial charge is 0.347 e. The molecule has 0 radical (unpaired) electrons. The fourth-order valence-corrected chi connectivity index (χ4v) is 2.43. The zero-order valence-electron chi connectivity index (χ0n) is 11.1. The molecule has 17 heavy (non-hydrogen) atoms. The fraction of sp³-hybridized carbons (Fsp3) is 0.692. The van der Waals surface area contributed by atoms with Crippen LogP contribution >= 0.6 is 11.3 Å². The second-order valence-electron chi connectivity index (χ2n) is 5.22. The van der Waals surface area contributed by atoms with E-state index in [1.165, 1.54) is 0 Å². The van der Waals surface area contributed by atoms with Gasteiger partial charge >= 0.3 is 0 Å². The van der Waals surface area contributed by atoms with E-state index in [1.54, 1.807) is 17.5 Å². The highest BCUT2D eigenvalue weighted by atomic mass is 32.1. The summed E-state index contributed by atoms with van der Waals surface area (Å²) in [6, 6.07) is 0.0706. The first-order valence-corrected chi connectivity index (χ1v) is 7.05. The zero-order chi connectivity index (χ0) is 12.8. The summed E-state index contributed by atoms with van der Waals surface area (Å²) in [5, 5.41) is 6.06. The summed E-state index contributed by atoms with van der Waals surface area (Å²) >= 11 is 1.61. The summed E-state index contributed by atoms with van der Waals surface area (Å²) in [4.78, 5) is 16.1. The van der Waals surface area contributed by atoms with E-state index in [0.717, 1.165) is 11.4 Å². The first-order chi connectivity index (χ1) is 7.99. The third kappa shape index (κ3) is 5.31. The lowest BCUT2D eigenvalue weighted by Gasteiger charge is -2.19. The number of aromatic nitrogens is 1. The lowest BCUT2D eigenvalue weighted by molar-refractivity contribution is -0.122. The molecule has 1 amide bonds. The van der Waals surface area contributed by atoms with Gasteiger partial charge in [0.15, 0.2) is 0 Å². The molecule has 0 saturated carbocycles. The van der Waals surface area contributed by atoms with Gasteiger partial charge in [-0.25, -0.2) is 4.98 Å². The van der Waals surface area contributed by atoms with Crippen molar-refractivity contribution < 1.29 is 4.79 Å². The number of thiazole rings is 1. The van der Waals surface area contributed by atoms with Crippen LogP contribution in [-0.2, 0) is 4.79 Å². The Kier molecular flexibility index (Phi) is 5.62. The minimum atomic E-state index is 0.0706. The van der Waals surface area contributed by atoms with Crippen LogP contribution in [0.25, 0.3) is 0 Å². The molecule has 0 aromatic carbocycles. The molecule has 1 N–H and O–H groups in total. The minimum Gasteiger partial charge on any atom is -0.347 e. The second-order valence-corrected chi connectivity index (χ2v) is 6.14. The normalized spacial score (nSPS) is 13.1. The van der Waals surface area contributed by atoms with E-state index in [2.05, 4.69) is 38.0 Å². The summed E-state index contributed by atoms with van der Waals surface area (Å²) in [6.07, 6.45) is 3.32. The van der Waals surface area contributed by atoms with Gasteiger partial charge in [0.25, 0.3) is 0 Å². The van der Waals surface area contributed by atoms with E-state index < -0.39 is 0 Å². The standard InChI is InChI=1S/C13H22N2OS/c1-9(2)7-11(13-14-5-6-17-13)15-12(16)8-10(3)4/h5-6,9-11H,7-8H2,1-4H3,(H,15,16). The lowest BCUT2D eigenvalue weighted by atomic mass is 10.0. The van der Waals surface area contributed by atoms with Crippen molar-refractivity contribution in [2.45, 2.75) is 46.6 Å². The maximum Gasteiger partial charge on any atom is 0.220 e. The molecule has 96 valence electrons. The van der Waals surface area contributed by atoms with Gasteiger partial charge in [0.1, 0.15) is 5.01 Å². The molecule has 0 fully saturated rings. The van der Waals surface area contributed by atoms with Gasteiger partial charge in [0.2, 0.25) is 5.91 Å². The molecule has 0 aliphatic rings. The topological polar surface area (TPSA) is 42.0 Å². The van der Waals surface area contributed by atoms with E-state index in [0.29, 0.717) is 18.3 Å². The molecule has 1 heterocycles. The first-order valence-electron chi connectivity index (χ1n) is 6.17. The van der Waals surface area contributed by atoms with Crippen molar-refractivity contribution in [3.63, 3.8) is 0 Å². The summed E-state index contributed by atoms with van der Waals surface area (Å²) in [5.74, 6) is 1.06. The highest BCUT2D eigenvalue weighted by Gasteiger charge is 2.18. The van der Waals surface area contributed by atoms with Gasteiger partial charge in [-0.3, -0.25) is 4.79 Å². The Hall–Kier alpha value is -0.900. The Labute approximate surface area is 108 Å². The van der Waals surface area contributed by atoms with E-state index in [4.69, 9.17) is 0 Å². The van der Waals surface area contributed by atoms with Gasteiger partial charge in [-0.05, 0) is 18.3 Å². The molecule has 3 nitrogen and oxygen atoms in total. The Bertz CT molecular complexity index is 333. The maximum atomic E-state index is 11.8. The molecule has 0 spiro atoms. The van der Waals surface area contributed by atoms with Crippen LogP contribution in [0.15, 0.2) is 11.6 Å². The van der Waals surface area contributed by atoms with Gasteiger partial charge in [-0.1, -0.05) is 27.7 Å². The number of nitrogens with one attached hydrogen (secondary N) is 1. The zero-order valence-corrected chi connectivity index (χ0v) is 11.9. The highest BCUT2D eigenvalue weighted by molar-refractivity contribution is 7.09. The Morgan fingerprint density at radius 1 is 1.35 bits per heavy atom. The van der Waals surface area contributed by atoms with Crippen LogP contribution in [0.3, 0.4) is 0 Å². The number of hydrogen-bond donors (Lipinski definition) is 1. The molecular weight excluding hydrogens is 232 g/mol. The van der Waals surface area contributed by atoms with Crippen molar-refractivity contribution in [2.24, 2.45) is 11.8 Å². The number of rotatable bonds is 6. The van der Waals surface area contributed by atoms with Gasteiger partial charge in [0.05, 0.1) is 6.04 Å². The SMILES string of the molecule is CC(C)CC(=O)NC(CC(C)C)c1nccs1. The lowest BCUT2D eigenvalue weighted by Crippen LogP contribution is -2.30. The molecule has 0 saturated heterocycles. The molecule has 0 bridgehead atoms. The quantitative estimate of drug-likeness (QED) is 0.845. The molecule has 1 unspecified atom stereocenters. The number of carbonyl (C=O) groups excluding carboxylic acids is 1. The van der Waals surface area contributed by atoms with E-state index in [9.17, 15) is 4.79 Å². The molecule has 0 aliphatic heterocycles. The van der Waals surface area contributed by atoms with Crippen molar-refractivity contribution in [1.82, 2.24) is 10.3 Å². The van der Waals surface area contributed by atoms with Gasteiger partial charge in [-0.2, -0.15) is 0 Å². The van der Waals surface area contributed by atoms with Gasteiger partial charge in [-0.15, -0.1) is 11.3 Å². The van der Waals surface area contributed by atoms with E-state index in [1.807, 2.05) is 5.38 Å². The third-order valence-electron chi connectivity index (χ3n) is 2.39. The molecular formula is C13H22N2OS. The third-order valence-corrected chi connectivity index (χ3v) is 3.27. The maximum absolute atomic E-state index is 11.8. The van der Waals surface area contributed by atoms with E-state index in [-0.39, 0.29) is 11.9 Å². The molecule has 1 aromatic rings. The average Bonchev–Trinajstić information content (AvgIpc) is 2.66. The van der Waals surface area contributed by atoms with Crippen molar-refractivity contribution >= 4 is 17.2 Å². The predicted octanol–water partition coefficient (Wildman–Crippen LogP) is 3.39. The van der Waals surface area contributed by atoms with Crippen LogP contribution in [0.2, 0.25) is 0 Å². The van der Waals surface area contributed by atoms with Crippen molar-refractivity contribution in [1.29, 1.82) is 0 Å². The van der Waals surface area contributed by atoms with Gasteiger partial charge < -0.3 is 5.32 Å².